The number of nitrogens with zero attached hydrogens (tertiary/aromatic N) is 2. The molecule has 0 atom stereocenters. The van der Waals surface area contributed by atoms with Crippen molar-refractivity contribution in [1.29, 1.82) is 0 Å². The molecule has 1 aromatic carbocycles. The molecule has 0 aliphatic heterocycles. The van der Waals surface area contributed by atoms with E-state index in [2.05, 4.69) is 21.0 Å². The zero-order chi connectivity index (χ0) is 13.3. The maximum Gasteiger partial charge on any atom is 0.155 e. The van der Waals surface area contributed by atoms with Crippen LogP contribution in [-0.2, 0) is 0 Å². The zero-order valence-electron chi connectivity index (χ0n) is 10.0. The summed E-state index contributed by atoms with van der Waals surface area (Å²) in [5, 5.41) is 4.78. The highest BCUT2D eigenvalue weighted by atomic mass is 79.9. The van der Waals surface area contributed by atoms with Crippen LogP contribution >= 0.6 is 27.5 Å². The summed E-state index contributed by atoms with van der Waals surface area (Å²) in [5.41, 5.74) is 2.02. The lowest BCUT2D eigenvalue weighted by atomic mass is 10.1. The van der Waals surface area contributed by atoms with Gasteiger partial charge in [-0.25, -0.2) is 4.68 Å². The fourth-order valence-electron chi connectivity index (χ4n) is 1.71. The van der Waals surface area contributed by atoms with Gasteiger partial charge in [-0.15, -0.1) is 0 Å². The third-order valence-corrected chi connectivity index (χ3v) is 3.52. The van der Waals surface area contributed by atoms with Crippen LogP contribution in [-0.4, -0.2) is 16.1 Å². The summed E-state index contributed by atoms with van der Waals surface area (Å²) in [6.07, 6.45) is 0.764. The molecule has 0 bridgehead atoms. The standard InChI is InChI=1S/C13H12BrClN2O/c1-8(2)12-11(7-18)13(15)17(16-12)10-5-3-9(14)4-6-10/h3-8H,1-2H3. The smallest absolute Gasteiger partial charge is 0.155 e. The zero-order valence-corrected chi connectivity index (χ0v) is 12.4. The molecule has 0 N–H and O–H groups in total. The van der Waals surface area contributed by atoms with E-state index in [9.17, 15) is 4.79 Å². The second-order valence-electron chi connectivity index (χ2n) is 4.25. The Morgan fingerprint density at radius 3 is 2.39 bits per heavy atom. The second kappa shape index (κ2) is 5.24. The summed E-state index contributed by atoms with van der Waals surface area (Å²) in [4.78, 5) is 11.1. The maximum absolute atomic E-state index is 11.1. The first kappa shape index (κ1) is 13.3. The highest BCUT2D eigenvalue weighted by Crippen LogP contribution is 2.27. The number of carbonyl (C=O) groups excluding carboxylic acids is 1. The highest BCUT2D eigenvalue weighted by Gasteiger charge is 2.18. The largest absolute Gasteiger partial charge is 0.298 e. The van der Waals surface area contributed by atoms with Gasteiger partial charge < -0.3 is 0 Å². The molecular formula is C13H12BrClN2O. The van der Waals surface area contributed by atoms with Gasteiger partial charge >= 0.3 is 0 Å². The van der Waals surface area contributed by atoms with Crippen molar-refractivity contribution in [1.82, 2.24) is 9.78 Å². The van der Waals surface area contributed by atoms with Gasteiger partial charge in [-0.05, 0) is 30.2 Å². The first-order chi connectivity index (χ1) is 8.54. The van der Waals surface area contributed by atoms with E-state index in [1.807, 2.05) is 38.1 Å². The van der Waals surface area contributed by atoms with Gasteiger partial charge in [0.2, 0.25) is 0 Å². The monoisotopic (exact) mass is 326 g/mol. The number of aromatic nitrogens is 2. The van der Waals surface area contributed by atoms with Gasteiger partial charge in [0.1, 0.15) is 5.15 Å². The van der Waals surface area contributed by atoms with Crippen LogP contribution in [0.25, 0.3) is 5.69 Å². The van der Waals surface area contributed by atoms with E-state index >= 15 is 0 Å². The first-order valence-corrected chi connectivity index (χ1v) is 6.71. The molecule has 5 heteroatoms. The van der Waals surface area contributed by atoms with Crippen molar-refractivity contribution in [2.24, 2.45) is 0 Å². The lowest BCUT2D eigenvalue weighted by Gasteiger charge is -2.03. The van der Waals surface area contributed by atoms with Crippen molar-refractivity contribution < 1.29 is 4.79 Å². The number of benzene rings is 1. The van der Waals surface area contributed by atoms with Crippen molar-refractivity contribution in [2.75, 3.05) is 0 Å². The van der Waals surface area contributed by atoms with E-state index in [1.165, 1.54) is 0 Å². The molecule has 2 rings (SSSR count). The molecule has 1 aromatic heterocycles. The number of halogens is 2. The third-order valence-electron chi connectivity index (χ3n) is 2.63. The summed E-state index contributed by atoms with van der Waals surface area (Å²) < 4.78 is 2.57. The van der Waals surface area contributed by atoms with Gasteiger partial charge in [0, 0.05) is 4.47 Å². The molecule has 0 fully saturated rings. The van der Waals surface area contributed by atoms with Crippen molar-refractivity contribution in [2.45, 2.75) is 19.8 Å². The van der Waals surface area contributed by atoms with E-state index in [4.69, 9.17) is 11.6 Å². The van der Waals surface area contributed by atoms with Crippen molar-refractivity contribution >= 4 is 33.8 Å². The minimum atomic E-state index is 0.152. The number of carbonyl (C=O) groups is 1. The van der Waals surface area contributed by atoms with E-state index in [0.29, 0.717) is 10.7 Å². The van der Waals surface area contributed by atoms with Crippen LogP contribution in [0.15, 0.2) is 28.7 Å². The summed E-state index contributed by atoms with van der Waals surface area (Å²) in [6.45, 7) is 3.97. The fourth-order valence-corrected chi connectivity index (χ4v) is 2.26. The maximum atomic E-state index is 11.1. The van der Waals surface area contributed by atoms with E-state index in [0.717, 1.165) is 22.1 Å². The van der Waals surface area contributed by atoms with Crippen LogP contribution in [0.5, 0.6) is 0 Å². The predicted molar refractivity (Wildman–Crippen MR) is 75.8 cm³/mol. The number of aldehydes is 1. The van der Waals surface area contributed by atoms with Crippen LogP contribution in [0.2, 0.25) is 5.15 Å². The Balaban J connectivity index is 2.58. The molecule has 0 aliphatic rings. The molecule has 94 valence electrons. The SMILES string of the molecule is CC(C)c1nn(-c2ccc(Br)cc2)c(Cl)c1C=O. The van der Waals surface area contributed by atoms with E-state index in [-0.39, 0.29) is 5.92 Å². The number of hydrogen-bond donors (Lipinski definition) is 0. The van der Waals surface area contributed by atoms with Crippen LogP contribution in [0.4, 0.5) is 0 Å². The summed E-state index contributed by atoms with van der Waals surface area (Å²) in [6, 6.07) is 7.59. The summed E-state index contributed by atoms with van der Waals surface area (Å²) in [5.74, 6) is 0.152. The molecule has 0 spiro atoms. The first-order valence-electron chi connectivity index (χ1n) is 5.54. The average Bonchev–Trinajstić information content (AvgIpc) is 2.67. The molecule has 0 saturated heterocycles. The van der Waals surface area contributed by atoms with Gasteiger partial charge in [-0.2, -0.15) is 5.10 Å². The molecular weight excluding hydrogens is 316 g/mol. The van der Waals surface area contributed by atoms with Gasteiger partial charge in [0.25, 0.3) is 0 Å². The molecule has 0 saturated carbocycles. The second-order valence-corrected chi connectivity index (χ2v) is 5.52. The Morgan fingerprint density at radius 1 is 1.33 bits per heavy atom. The normalized spacial score (nSPS) is 10.9. The lowest BCUT2D eigenvalue weighted by Crippen LogP contribution is -1.98. The fraction of sp³-hybridized carbons (Fsp3) is 0.231. The minimum absolute atomic E-state index is 0.152. The molecule has 0 amide bonds. The predicted octanol–water partition coefficient (Wildman–Crippen LogP) is 4.22. The molecule has 3 nitrogen and oxygen atoms in total. The lowest BCUT2D eigenvalue weighted by molar-refractivity contribution is 0.112. The molecule has 2 aromatic rings. The third kappa shape index (κ3) is 2.35. The van der Waals surface area contributed by atoms with Gasteiger partial charge in [-0.3, -0.25) is 4.79 Å². The Bertz CT molecular complexity index is 575. The number of hydrogen-bond acceptors (Lipinski definition) is 2. The molecule has 18 heavy (non-hydrogen) atoms. The Kier molecular flexibility index (Phi) is 3.88. The van der Waals surface area contributed by atoms with E-state index in [1.54, 1.807) is 4.68 Å². The van der Waals surface area contributed by atoms with Gasteiger partial charge in [0.15, 0.2) is 6.29 Å². The number of rotatable bonds is 3. The van der Waals surface area contributed by atoms with Crippen molar-refractivity contribution in [3.05, 3.63) is 45.1 Å². The van der Waals surface area contributed by atoms with Gasteiger partial charge in [0.05, 0.1) is 16.9 Å². The Morgan fingerprint density at radius 2 is 1.94 bits per heavy atom. The summed E-state index contributed by atoms with van der Waals surface area (Å²) >= 11 is 9.58. The molecule has 0 aliphatic carbocycles. The van der Waals surface area contributed by atoms with Crippen LogP contribution in [0.1, 0.15) is 35.8 Å². The van der Waals surface area contributed by atoms with Crippen molar-refractivity contribution in [3.8, 4) is 5.69 Å². The molecule has 0 radical (unpaired) electrons. The quantitative estimate of drug-likeness (QED) is 0.791. The average molecular weight is 328 g/mol. The van der Waals surface area contributed by atoms with Gasteiger partial charge in [-0.1, -0.05) is 41.4 Å². The Labute approximate surface area is 119 Å². The van der Waals surface area contributed by atoms with Crippen LogP contribution in [0, 0.1) is 0 Å². The summed E-state index contributed by atoms with van der Waals surface area (Å²) in [7, 11) is 0. The van der Waals surface area contributed by atoms with E-state index < -0.39 is 0 Å². The molecule has 0 unspecified atom stereocenters. The van der Waals surface area contributed by atoms with Crippen LogP contribution < -0.4 is 0 Å². The molecule has 1 heterocycles. The van der Waals surface area contributed by atoms with Crippen LogP contribution in [0.3, 0.4) is 0 Å². The highest BCUT2D eigenvalue weighted by molar-refractivity contribution is 9.10. The topological polar surface area (TPSA) is 34.9 Å². The van der Waals surface area contributed by atoms with Crippen molar-refractivity contribution in [3.63, 3.8) is 0 Å². The minimum Gasteiger partial charge on any atom is -0.298 e. The Hall–Kier alpha value is -1.13.